The Morgan fingerprint density at radius 3 is 2.81 bits per heavy atom. The highest BCUT2D eigenvalue weighted by Gasteiger charge is 2.34. The van der Waals surface area contributed by atoms with E-state index in [-0.39, 0.29) is 6.04 Å². The summed E-state index contributed by atoms with van der Waals surface area (Å²) in [5.41, 5.74) is 7.10. The Labute approximate surface area is 151 Å². The van der Waals surface area contributed by atoms with Gasteiger partial charge in [-0.25, -0.2) is 0 Å². The van der Waals surface area contributed by atoms with Crippen molar-refractivity contribution in [2.24, 2.45) is 0 Å². The van der Waals surface area contributed by atoms with E-state index < -0.39 is 12.0 Å². The van der Waals surface area contributed by atoms with E-state index in [4.69, 9.17) is 0 Å². The Balaban J connectivity index is 1.65. The lowest BCUT2D eigenvalue weighted by Gasteiger charge is -2.29. The van der Waals surface area contributed by atoms with Crippen molar-refractivity contribution in [2.75, 3.05) is 7.05 Å². The number of aromatic amines is 1. The van der Waals surface area contributed by atoms with Crippen LogP contribution >= 0.6 is 0 Å². The van der Waals surface area contributed by atoms with Crippen molar-refractivity contribution in [2.45, 2.75) is 31.6 Å². The van der Waals surface area contributed by atoms with Gasteiger partial charge in [0.15, 0.2) is 0 Å². The number of nitrogens with zero attached hydrogens (tertiary/aromatic N) is 1. The molecule has 0 fully saturated rings. The average Bonchev–Trinajstić information content (AvgIpc) is 3.19. The van der Waals surface area contributed by atoms with Gasteiger partial charge in [0.05, 0.1) is 6.04 Å². The van der Waals surface area contributed by atoms with Crippen molar-refractivity contribution in [1.29, 1.82) is 0 Å². The molecule has 3 aromatic rings. The second kappa shape index (κ2) is 5.69. The number of carbonyl (C=O) groups is 1. The third-order valence-corrected chi connectivity index (χ3v) is 5.65. The average molecular weight is 347 g/mol. The monoisotopic (exact) mass is 347 g/mol. The van der Waals surface area contributed by atoms with Crippen molar-refractivity contribution >= 4 is 16.9 Å². The van der Waals surface area contributed by atoms with Crippen LogP contribution in [-0.2, 0) is 24.3 Å². The van der Waals surface area contributed by atoms with Crippen molar-refractivity contribution < 1.29 is 9.90 Å². The Hall–Kier alpha value is -2.63. The summed E-state index contributed by atoms with van der Waals surface area (Å²) < 4.78 is 0. The molecule has 2 aromatic carbocycles. The van der Waals surface area contributed by atoms with Crippen LogP contribution in [0.2, 0.25) is 0 Å². The van der Waals surface area contributed by atoms with Crippen LogP contribution in [0.25, 0.3) is 10.9 Å². The van der Waals surface area contributed by atoms with E-state index >= 15 is 0 Å². The Morgan fingerprint density at radius 1 is 1.15 bits per heavy atom. The number of aliphatic carboxylic acids is 1. The van der Waals surface area contributed by atoms with E-state index in [0.29, 0.717) is 6.42 Å². The third kappa shape index (κ3) is 2.35. The molecule has 0 saturated carbocycles. The number of para-hydroxylation sites is 1. The van der Waals surface area contributed by atoms with Crippen LogP contribution in [0.4, 0.5) is 0 Å². The normalized spacial score (nSPS) is 22.3. The van der Waals surface area contributed by atoms with Crippen molar-refractivity contribution in [3.8, 4) is 0 Å². The van der Waals surface area contributed by atoms with Crippen LogP contribution in [0.1, 0.15) is 34.0 Å². The lowest BCUT2D eigenvalue weighted by atomic mass is 9.89. The summed E-state index contributed by atoms with van der Waals surface area (Å²) in [6, 6.07) is 14.0. The molecule has 3 N–H and O–H groups in total. The van der Waals surface area contributed by atoms with Gasteiger partial charge in [-0.3, -0.25) is 15.0 Å². The molecular formula is C21H21N3O2. The predicted octanol–water partition coefficient (Wildman–Crippen LogP) is 2.80. The minimum atomic E-state index is -0.799. The summed E-state index contributed by atoms with van der Waals surface area (Å²) in [4.78, 5) is 17.6. The van der Waals surface area contributed by atoms with Crippen molar-refractivity contribution in [3.63, 3.8) is 0 Å². The fourth-order valence-corrected chi connectivity index (χ4v) is 4.42. The van der Waals surface area contributed by atoms with Crippen LogP contribution in [0.15, 0.2) is 42.5 Å². The number of aromatic nitrogens is 1. The van der Waals surface area contributed by atoms with Gasteiger partial charge in [-0.15, -0.1) is 0 Å². The highest BCUT2D eigenvalue weighted by molar-refractivity contribution is 5.87. The lowest BCUT2D eigenvalue weighted by Crippen LogP contribution is -2.45. The van der Waals surface area contributed by atoms with Gasteiger partial charge in [0.1, 0.15) is 6.04 Å². The molecule has 2 aliphatic heterocycles. The van der Waals surface area contributed by atoms with E-state index in [9.17, 15) is 9.90 Å². The number of carboxylic acid groups (broad SMARTS) is 1. The number of benzene rings is 2. The maximum Gasteiger partial charge on any atom is 0.321 e. The predicted molar refractivity (Wildman–Crippen MR) is 100 cm³/mol. The number of hydrogen-bond donors (Lipinski definition) is 3. The van der Waals surface area contributed by atoms with Crippen LogP contribution < -0.4 is 5.32 Å². The summed E-state index contributed by atoms with van der Waals surface area (Å²) >= 11 is 0. The molecule has 2 atom stereocenters. The Morgan fingerprint density at radius 2 is 1.96 bits per heavy atom. The fraction of sp³-hybridized carbons (Fsp3) is 0.286. The van der Waals surface area contributed by atoms with Gasteiger partial charge < -0.3 is 10.1 Å². The SMILES string of the molecule is CN1Cc2ccc(C3NC(C(=O)O)Cc4c3[nH]c3ccccc43)cc2C1. The van der Waals surface area contributed by atoms with Gasteiger partial charge in [0.25, 0.3) is 0 Å². The summed E-state index contributed by atoms with van der Waals surface area (Å²) in [5, 5.41) is 14.1. The molecule has 0 spiro atoms. The lowest BCUT2D eigenvalue weighted by molar-refractivity contribution is -0.139. The van der Waals surface area contributed by atoms with Gasteiger partial charge in [-0.05, 0) is 35.4 Å². The van der Waals surface area contributed by atoms with Crippen molar-refractivity contribution in [3.05, 3.63) is 70.4 Å². The fourth-order valence-electron chi connectivity index (χ4n) is 4.42. The summed E-state index contributed by atoms with van der Waals surface area (Å²) in [6.45, 7) is 1.92. The molecule has 5 nitrogen and oxygen atoms in total. The molecule has 0 amide bonds. The highest BCUT2D eigenvalue weighted by atomic mass is 16.4. The standard InChI is InChI=1S/C21H21N3O2/c1-24-10-13-7-6-12(8-14(13)11-24)19-20-16(9-18(23-19)21(25)26)15-4-2-3-5-17(15)22-20/h2-8,18-19,22-23H,9-11H2,1H3,(H,25,26). The largest absolute Gasteiger partial charge is 0.480 e. The molecule has 0 saturated heterocycles. The van der Waals surface area contributed by atoms with Crippen molar-refractivity contribution in [1.82, 2.24) is 15.2 Å². The van der Waals surface area contributed by atoms with E-state index in [0.717, 1.165) is 40.8 Å². The first kappa shape index (κ1) is 15.6. The van der Waals surface area contributed by atoms with Crippen LogP contribution in [0.5, 0.6) is 0 Å². The smallest absolute Gasteiger partial charge is 0.321 e. The molecule has 0 radical (unpaired) electrons. The summed E-state index contributed by atoms with van der Waals surface area (Å²) in [7, 11) is 2.12. The Bertz CT molecular complexity index is 1020. The molecular weight excluding hydrogens is 326 g/mol. The molecule has 2 aliphatic rings. The van der Waals surface area contributed by atoms with Gasteiger partial charge in [0, 0.05) is 36.1 Å². The van der Waals surface area contributed by atoms with Crippen LogP contribution in [0.3, 0.4) is 0 Å². The first-order valence-electron chi connectivity index (χ1n) is 8.99. The second-order valence-electron chi connectivity index (χ2n) is 7.46. The number of H-pyrrole nitrogens is 1. The molecule has 0 bridgehead atoms. The summed E-state index contributed by atoms with van der Waals surface area (Å²) in [6.07, 6.45) is 0.499. The van der Waals surface area contributed by atoms with E-state index in [1.165, 1.54) is 11.1 Å². The molecule has 1 aromatic heterocycles. The van der Waals surface area contributed by atoms with Gasteiger partial charge in [-0.1, -0.05) is 36.4 Å². The number of carboxylic acids is 1. The molecule has 26 heavy (non-hydrogen) atoms. The molecule has 0 aliphatic carbocycles. The van der Waals surface area contributed by atoms with Crippen LogP contribution in [0, 0.1) is 0 Å². The second-order valence-corrected chi connectivity index (χ2v) is 7.46. The first-order chi connectivity index (χ1) is 12.6. The maximum atomic E-state index is 11.7. The van der Waals surface area contributed by atoms with Crippen LogP contribution in [-0.4, -0.2) is 34.0 Å². The zero-order valence-corrected chi connectivity index (χ0v) is 14.6. The number of nitrogens with one attached hydrogen (secondary N) is 2. The van der Waals surface area contributed by atoms with E-state index in [2.05, 4.69) is 52.6 Å². The molecule has 132 valence electrons. The quantitative estimate of drug-likeness (QED) is 0.667. The van der Waals surface area contributed by atoms with Gasteiger partial charge >= 0.3 is 5.97 Å². The maximum absolute atomic E-state index is 11.7. The highest BCUT2D eigenvalue weighted by Crippen LogP contribution is 2.36. The minimum Gasteiger partial charge on any atom is -0.480 e. The molecule has 2 unspecified atom stereocenters. The zero-order chi connectivity index (χ0) is 17.8. The third-order valence-electron chi connectivity index (χ3n) is 5.65. The van der Waals surface area contributed by atoms with Gasteiger partial charge in [-0.2, -0.15) is 0 Å². The number of rotatable bonds is 2. The topological polar surface area (TPSA) is 68.4 Å². The number of hydrogen-bond acceptors (Lipinski definition) is 3. The minimum absolute atomic E-state index is 0.136. The summed E-state index contributed by atoms with van der Waals surface area (Å²) in [5.74, 6) is -0.799. The Kier molecular flexibility index (Phi) is 3.42. The van der Waals surface area contributed by atoms with E-state index in [1.807, 2.05) is 12.1 Å². The molecule has 5 heteroatoms. The van der Waals surface area contributed by atoms with Gasteiger partial charge in [0.2, 0.25) is 0 Å². The zero-order valence-electron chi connectivity index (χ0n) is 14.6. The van der Waals surface area contributed by atoms with E-state index in [1.54, 1.807) is 0 Å². The number of fused-ring (bicyclic) bond motifs is 4. The molecule has 3 heterocycles. The molecule has 5 rings (SSSR count). The first-order valence-corrected chi connectivity index (χ1v) is 8.99.